The van der Waals surface area contributed by atoms with E-state index in [9.17, 15) is 0 Å². The molecule has 1 fully saturated rings. The average molecular weight is 250 g/mol. The number of benzene rings is 1. The highest BCUT2D eigenvalue weighted by atomic mass is 16.5. The zero-order valence-corrected chi connectivity index (χ0v) is 11.0. The van der Waals surface area contributed by atoms with Gasteiger partial charge >= 0.3 is 0 Å². The fraction of sp³-hybridized carbons (Fsp3) is 0.571. The van der Waals surface area contributed by atoms with Gasteiger partial charge in [0.15, 0.2) is 0 Å². The van der Waals surface area contributed by atoms with Gasteiger partial charge in [-0.3, -0.25) is 4.90 Å². The number of nitrogens with zero attached hydrogens (tertiary/aromatic N) is 1. The third-order valence-electron chi connectivity index (χ3n) is 3.29. The Hall–Kier alpha value is -1.26. The molecule has 1 aliphatic rings. The Morgan fingerprint density at radius 3 is 2.56 bits per heavy atom. The van der Waals surface area contributed by atoms with Crippen molar-refractivity contribution in [3.8, 4) is 11.5 Å². The fourth-order valence-electron chi connectivity index (χ4n) is 2.25. The molecule has 4 heteroatoms. The van der Waals surface area contributed by atoms with Crippen LogP contribution in [-0.4, -0.2) is 38.3 Å². The summed E-state index contributed by atoms with van der Waals surface area (Å²) in [7, 11) is 1.66. The zero-order chi connectivity index (χ0) is 12.8. The normalized spacial score (nSPS) is 15.9. The van der Waals surface area contributed by atoms with E-state index >= 15 is 0 Å². The summed E-state index contributed by atoms with van der Waals surface area (Å²) in [6, 6.07) is 5.82. The summed E-state index contributed by atoms with van der Waals surface area (Å²) in [5.74, 6) is 1.64. The van der Waals surface area contributed by atoms with Crippen molar-refractivity contribution in [3.63, 3.8) is 0 Å². The molecular formula is C14H22N2O2. The lowest BCUT2D eigenvalue weighted by Gasteiger charge is -2.15. The Kier molecular flexibility index (Phi) is 4.84. The molecule has 1 aromatic carbocycles. The molecule has 0 amide bonds. The lowest BCUT2D eigenvalue weighted by molar-refractivity contribution is 0.237. The largest absolute Gasteiger partial charge is 0.497 e. The summed E-state index contributed by atoms with van der Waals surface area (Å²) in [5.41, 5.74) is 6.68. The summed E-state index contributed by atoms with van der Waals surface area (Å²) in [6.07, 6.45) is 2.63. The van der Waals surface area contributed by atoms with E-state index in [1.165, 1.54) is 25.9 Å². The van der Waals surface area contributed by atoms with Crippen molar-refractivity contribution in [1.29, 1.82) is 0 Å². The maximum atomic E-state index is 5.78. The van der Waals surface area contributed by atoms with Crippen LogP contribution in [-0.2, 0) is 6.54 Å². The maximum absolute atomic E-state index is 5.78. The van der Waals surface area contributed by atoms with Gasteiger partial charge in [0.05, 0.1) is 7.11 Å². The van der Waals surface area contributed by atoms with Crippen molar-refractivity contribution in [3.05, 3.63) is 23.8 Å². The summed E-state index contributed by atoms with van der Waals surface area (Å²) in [5, 5.41) is 0. The minimum atomic E-state index is 0.500. The second-order valence-corrected chi connectivity index (χ2v) is 4.62. The van der Waals surface area contributed by atoms with Gasteiger partial charge in [-0.1, -0.05) is 0 Å². The van der Waals surface area contributed by atoms with E-state index in [2.05, 4.69) is 4.90 Å². The van der Waals surface area contributed by atoms with Gasteiger partial charge in [-0.25, -0.2) is 0 Å². The van der Waals surface area contributed by atoms with Crippen LogP contribution in [0.5, 0.6) is 11.5 Å². The van der Waals surface area contributed by atoms with Crippen molar-refractivity contribution in [2.45, 2.75) is 19.4 Å². The highest BCUT2D eigenvalue weighted by molar-refractivity contribution is 5.38. The predicted octanol–water partition coefficient (Wildman–Crippen LogP) is 1.63. The lowest BCUT2D eigenvalue weighted by atomic mass is 10.2. The van der Waals surface area contributed by atoms with E-state index in [0.29, 0.717) is 6.54 Å². The van der Waals surface area contributed by atoms with E-state index in [1.807, 2.05) is 18.2 Å². The SMILES string of the molecule is COc1cc(CN)cc(OCCN2CCCC2)c1. The molecule has 1 aromatic rings. The highest BCUT2D eigenvalue weighted by Gasteiger charge is 2.11. The number of methoxy groups -OCH3 is 1. The minimum absolute atomic E-state index is 0.500. The van der Waals surface area contributed by atoms with E-state index in [4.69, 9.17) is 15.2 Å². The minimum Gasteiger partial charge on any atom is -0.497 e. The van der Waals surface area contributed by atoms with Crippen molar-refractivity contribution in [2.75, 3.05) is 33.4 Å². The van der Waals surface area contributed by atoms with E-state index in [1.54, 1.807) is 7.11 Å². The number of nitrogens with two attached hydrogens (primary N) is 1. The summed E-state index contributed by atoms with van der Waals surface area (Å²) in [6.45, 7) is 4.62. The van der Waals surface area contributed by atoms with Crippen LogP contribution in [0.25, 0.3) is 0 Å². The van der Waals surface area contributed by atoms with Crippen LogP contribution in [0.15, 0.2) is 18.2 Å². The molecule has 4 nitrogen and oxygen atoms in total. The Morgan fingerprint density at radius 1 is 1.17 bits per heavy atom. The van der Waals surface area contributed by atoms with Crippen LogP contribution in [0.3, 0.4) is 0 Å². The molecule has 1 aliphatic heterocycles. The molecule has 2 N–H and O–H groups in total. The van der Waals surface area contributed by atoms with Crippen molar-refractivity contribution in [2.24, 2.45) is 5.73 Å². The molecule has 0 saturated carbocycles. The predicted molar refractivity (Wildman–Crippen MR) is 72.1 cm³/mol. The smallest absolute Gasteiger partial charge is 0.123 e. The Morgan fingerprint density at radius 2 is 1.89 bits per heavy atom. The van der Waals surface area contributed by atoms with Gasteiger partial charge in [-0.2, -0.15) is 0 Å². The summed E-state index contributed by atoms with van der Waals surface area (Å²) >= 11 is 0. The van der Waals surface area contributed by atoms with Crippen molar-refractivity contribution in [1.82, 2.24) is 4.90 Å². The number of hydrogen-bond acceptors (Lipinski definition) is 4. The van der Waals surface area contributed by atoms with Gasteiger partial charge < -0.3 is 15.2 Å². The standard InChI is InChI=1S/C14H22N2O2/c1-17-13-8-12(11-15)9-14(10-13)18-7-6-16-4-2-3-5-16/h8-10H,2-7,11,15H2,1H3. The number of hydrogen-bond donors (Lipinski definition) is 1. The van der Waals surface area contributed by atoms with Crippen LogP contribution in [0, 0.1) is 0 Å². The number of likely N-dealkylation sites (tertiary alicyclic amines) is 1. The molecule has 2 rings (SSSR count). The molecular weight excluding hydrogens is 228 g/mol. The molecule has 0 unspecified atom stereocenters. The van der Waals surface area contributed by atoms with Crippen LogP contribution < -0.4 is 15.2 Å². The number of ether oxygens (including phenoxy) is 2. The Labute approximate surface area is 109 Å². The highest BCUT2D eigenvalue weighted by Crippen LogP contribution is 2.22. The van der Waals surface area contributed by atoms with Gasteiger partial charge in [-0.15, -0.1) is 0 Å². The molecule has 100 valence electrons. The molecule has 0 atom stereocenters. The molecule has 0 bridgehead atoms. The van der Waals surface area contributed by atoms with E-state index < -0.39 is 0 Å². The van der Waals surface area contributed by atoms with Gasteiger partial charge in [0.25, 0.3) is 0 Å². The third-order valence-corrected chi connectivity index (χ3v) is 3.29. The molecule has 0 spiro atoms. The first-order valence-corrected chi connectivity index (χ1v) is 6.55. The topological polar surface area (TPSA) is 47.7 Å². The first-order valence-electron chi connectivity index (χ1n) is 6.55. The first kappa shape index (κ1) is 13.2. The monoisotopic (exact) mass is 250 g/mol. The van der Waals surface area contributed by atoms with Gasteiger partial charge in [-0.05, 0) is 43.6 Å². The number of rotatable bonds is 6. The summed E-state index contributed by atoms with van der Waals surface area (Å²) < 4.78 is 11.0. The van der Waals surface area contributed by atoms with Gasteiger partial charge in [0.1, 0.15) is 18.1 Å². The third kappa shape index (κ3) is 3.62. The van der Waals surface area contributed by atoms with Crippen LogP contribution >= 0.6 is 0 Å². The van der Waals surface area contributed by atoms with Crippen LogP contribution in [0.2, 0.25) is 0 Å². The van der Waals surface area contributed by atoms with Crippen molar-refractivity contribution >= 4 is 0 Å². The zero-order valence-electron chi connectivity index (χ0n) is 11.0. The fourth-order valence-corrected chi connectivity index (χ4v) is 2.25. The molecule has 1 heterocycles. The van der Waals surface area contributed by atoms with Crippen molar-refractivity contribution < 1.29 is 9.47 Å². The van der Waals surface area contributed by atoms with Crippen LogP contribution in [0.4, 0.5) is 0 Å². The van der Waals surface area contributed by atoms with Gasteiger partial charge in [0, 0.05) is 19.2 Å². The second kappa shape index (κ2) is 6.61. The summed E-state index contributed by atoms with van der Waals surface area (Å²) in [4.78, 5) is 2.43. The Bertz CT molecular complexity index is 354. The maximum Gasteiger partial charge on any atom is 0.123 e. The Balaban J connectivity index is 1.87. The molecule has 0 aromatic heterocycles. The van der Waals surface area contributed by atoms with E-state index in [-0.39, 0.29) is 0 Å². The first-order chi connectivity index (χ1) is 8.81. The second-order valence-electron chi connectivity index (χ2n) is 4.62. The molecule has 1 saturated heterocycles. The lowest BCUT2D eigenvalue weighted by Crippen LogP contribution is -2.25. The molecule has 0 radical (unpaired) electrons. The van der Waals surface area contributed by atoms with E-state index in [0.717, 1.165) is 30.2 Å². The molecule has 0 aliphatic carbocycles. The van der Waals surface area contributed by atoms with Gasteiger partial charge in [0.2, 0.25) is 0 Å². The van der Waals surface area contributed by atoms with Crippen LogP contribution in [0.1, 0.15) is 18.4 Å². The quantitative estimate of drug-likeness (QED) is 0.833. The average Bonchev–Trinajstić information content (AvgIpc) is 2.91. The molecule has 18 heavy (non-hydrogen) atoms.